The summed E-state index contributed by atoms with van der Waals surface area (Å²) < 4.78 is 26.5. The van der Waals surface area contributed by atoms with Gasteiger partial charge in [-0.15, -0.1) is 0 Å². The van der Waals surface area contributed by atoms with Crippen LogP contribution in [0.15, 0.2) is 18.2 Å². The van der Waals surface area contributed by atoms with Crippen LogP contribution in [-0.4, -0.2) is 11.9 Å². The molecule has 17 heavy (non-hydrogen) atoms. The van der Waals surface area contributed by atoms with Gasteiger partial charge in [0.15, 0.2) is 0 Å². The summed E-state index contributed by atoms with van der Waals surface area (Å²) in [5.74, 6) is -2.18. The second-order valence-electron chi connectivity index (χ2n) is 3.83. The molecule has 3 N–H and O–H groups in total. The average Bonchev–Trinajstić information content (AvgIpc) is 2.30. The highest BCUT2D eigenvalue weighted by Gasteiger charge is 2.16. The number of para-hydroxylation sites is 1. The first-order valence-corrected chi connectivity index (χ1v) is 5.56. The van der Waals surface area contributed by atoms with E-state index in [4.69, 9.17) is 5.73 Å². The van der Waals surface area contributed by atoms with E-state index >= 15 is 0 Å². The van der Waals surface area contributed by atoms with Crippen molar-refractivity contribution in [2.24, 2.45) is 5.73 Å². The monoisotopic (exact) mass is 242 g/mol. The van der Waals surface area contributed by atoms with E-state index in [1.165, 1.54) is 6.07 Å². The Morgan fingerprint density at radius 3 is 2.53 bits per heavy atom. The van der Waals surface area contributed by atoms with Gasteiger partial charge in [0.1, 0.15) is 17.3 Å². The molecule has 0 aliphatic rings. The maximum Gasteiger partial charge on any atom is 0.241 e. The summed E-state index contributed by atoms with van der Waals surface area (Å²) >= 11 is 0. The normalized spacial score (nSPS) is 12.2. The lowest BCUT2D eigenvalue weighted by Gasteiger charge is -2.12. The summed E-state index contributed by atoms with van der Waals surface area (Å²) in [4.78, 5) is 11.6. The van der Waals surface area contributed by atoms with Crippen molar-refractivity contribution in [2.75, 3.05) is 5.32 Å². The van der Waals surface area contributed by atoms with Gasteiger partial charge < -0.3 is 11.1 Å². The molecule has 0 aromatic heterocycles. The summed E-state index contributed by atoms with van der Waals surface area (Å²) in [6, 6.07) is 2.65. The quantitative estimate of drug-likeness (QED) is 0.833. The second-order valence-corrected chi connectivity index (χ2v) is 3.83. The van der Waals surface area contributed by atoms with Crippen molar-refractivity contribution >= 4 is 11.6 Å². The summed E-state index contributed by atoms with van der Waals surface area (Å²) in [6.45, 7) is 1.97. The number of amides is 1. The minimum Gasteiger partial charge on any atom is -0.320 e. The van der Waals surface area contributed by atoms with Crippen molar-refractivity contribution in [3.8, 4) is 0 Å². The fourth-order valence-corrected chi connectivity index (χ4v) is 1.39. The lowest BCUT2D eigenvalue weighted by Crippen LogP contribution is -2.36. The van der Waals surface area contributed by atoms with Gasteiger partial charge in [0, 0.05) is 0 Å². The van der Waals surface area contributed by atoms with E-state index in [1.807, 2.05) is 6.92 Å². The largest absolute Gasteiger partial charge is 0.320 e. The minimum atomic E-state index is -0.805. The highest BCUT2D eigenvalue weighted by atomic mass is 19.1. The number of rotatable bonds is 5. The van der Waals surface area contributed by atoms with Crippen molar-refractivity contribution in [3.63, 3.8) is 0 Å². The molecule has 0 radical (unpaired) electrons. The number of carbonyl (C=O) groups is 1. The van der Waals surface area contributed by atoms with E-state index in [-0.39, 0.29) is 0 Å². The van der Waals surface area contributed by atoms with Gasteiger partial charge in [-0.05, 0) is 18.6 Å². The Morgan fingerprint density at radius 1 is 1.41 bits per heavy atom. The van der Waals surface area contributed by atoms with Crippen LogP contribution in [0.3, 0.4) is 0 Å². The van der Waals surface area contributed by atoms with Crippen LogP contribution < -0.4 is 11.1 Å². The molecule has 0 saturated carbocycles. The van der Waals surface area contributed by atoms with Crippen LogP contribution in [0, 0.1) is 11.6 Å². The molecule has 5 heteroatoms. The summed E-state index contributed by atoms with van der Waals surface area (Å²) in [5.41, 5.74) is 5.15. The van der Waals surface area contributed by atoms with Crippen molar-refractivity contribution in [1.82, 2.24) is 0 Å². The Bertz CT molecular complexity index is 376. The van der Waals surface area contributed by atoms with E-state index in [0.717, 1.165) is 25.0 Å². The van der Waals surface area contributed by atoms with Gasteiger partial charge in [-0.3, -0.25) is 4.79 Å². The Morgan fingerprint density at radius 2 is 2.00 bits per heavy atom. The van der Waals surface area contributed by atoms with Gasteiger partial charge in [0.2, 0.25) is 5.91 Å². The molecule has 0 aliphatic carbocycles. The number of hydrogen-bond acceptors (Lipinski definition) is 2. The highest BCUT2D eigenvalue weighted by molar-refractivity contribution is 5.94. The molecule has 1 atom stereocenters. The van der Waals surface area contributed by atoms with E-state index in [9.17, 15) is 13.6 Å². The topological polar surface area (TPSA) is 55.1 Å². The molecule has 0 aliphatic heterocycles. The third-order valence-corrected chi connectivity index (χ3v) is 2.42. The second kappa shape index (κ2) is 6.30. The highest BCUT2D eigenvalue weighted by Crippen LogP contribution is 2.18. The molecule has 94 valence electrons. The third kappa shape index (κ3) is 3.78. The summed E-state index contributed by atoms with van der Waals surface area (Å²) in [7, 11) is 0. The van der Waals surface area contributed by atoms with Gasteiger partial charge in [-0.1, -0.05) is 25.8 Å². The first-order chi connectivity index (χ1) is 8.06. The lowest BCUT2D eigenvalue weighted by molar-refractivity contribution is -0.117. The molecule has 1 amide bonds. The Kier molecular flexibility index (Phi) is 5.03. The SMILES string of the molecule is CCCCC(N)C(=O)Nc1c(F)cccc1F. The number of anilines is 1. The maximum atomic E-state index is 13.2. The van der Waals surface area contributed by atoms with Crippen LogP contribution in [0.5, 0.6) is 0 Å². The molecule has 0 saturated heterocycles. The minimum absolute atomic E-state index is 0.440. The molecule has 3 nitrogen and oxygen atoms in total. The average molecular weight is 242 g/mol. The zero-order valence-electron chi connectivity index (χ0n) is 9.67. The molecule has 0 bridgehead atoms. The molecule has 0 spiro atoms. The van der Waals surface area contributed by atoms with Crippen molar-refractivity contribution in [1.29, 1.82) is 0 Å². The number of halogens is 2. The van der Waals surface area contributed by atoms with Gasteiger partial charge in [0.25, 0.3) is 0 Å². The molecule has 1 rings (SSSR count). The molecule has 1 aromatic rings. The number of benzene rings is 1. The van der Waals surface area contributed by atoms with Crippen LogP contribution in [-0.2, 0) is 4.79 Å². The third-order valence-electron chi connectivity index (χ3n) is 2.42. The molecule has 1 unspecified atom stereocenters. The van der Waals surface area contributed by atoms with E-state index < -0.39 is 29.3 Å². The Hall–Kier alpha value is -1.49. The smallest absolute Gasteiger partial charge is 0.241 e. The summed E-state index contributed by atoms with van der Waals surface area (Å²) in [6.07, 6.45) is 2.21. The van der Waals surface area contributed by atoms with Crippen molar-refractivity contribution in [2.45, 2.75) is 32.2 Å². The Balaban J connectivity index is 2.68. The summed E-state index contributed by atoms with van der Waals surface area (Å²) in [5, 5.41) is 2.17. The fourth-order valence-electron chi connectivity index (χ4n) is 1.39. The van der Waals surface area contributed by atoms with Gasteiger partial charge in [-0.25, -0.2) is 8.78 Å². The zero-order valence-corrected chi connectivity index (χ0v) is 9.67. The first kappa shape index (κ1) is 13.6. The van der Waals surface area contributed by atoms with Crippen LogP contribution in [0.25, 0.3) is 0 Å². The number of nitrogens with one attached hydrogen (secondary N) is 1. The predicted octanol–water partition coefficient (Wildman–Crippen LogP) is 2.42. The van der Waals surface area contributed by atoms with Crippen molar-refractivity contribution in [3.05, 3.63) is 29.8 Å². The van der Waals surface area contributed by atoms with E-state index in [2.05, 4.69) is 5.32 Å². The zero-order chi connectivity index (χ0) is 12.8. The molecule has 0 heterocycles. The van der Waals surface area contributed by atoms with Gasteiger partial charge in [-0.2, -0.15) is 0 Å². The molecular weight excluding hydrogens is 226 g/mol. The van der Waals surface area contributed by atoms with E-state index in [0.29, 0.717) is 6.42 Å². The molecular formula is C12H16F2N2O. The van der Waals surface area contributed by atoms with Gasteiger partial charge >= 0.3 is 0 Å². The molecule has 1 aromatic carbocycles. The standard InChI is InChI=1S/C12H16F2N2O/c1-2-3-7-10(15)12(17)16-11-8(13)5-4-6-9(11)14/h4-6,10H,2-3,7,15H2,1H3,(H,16,17). The molecule has 0 fully saturated rings. The van der Waals surface area contributed by atoms with Crippen LogP contribution in [0.1, 0.15) is 26.2 Å². The first-order valence-electron chi connectivity index (χ1n) is 5.56. The van der Waals surface area contributed by atoms with Crippen LogP contribution >= 0.6 is 0 Å². The number of nitrogens with two attached hydrogens (primary N) is 1. The fraction of sp³-hybridized carbons (Fsp3) is 0.417. The van der Waals surface area contributed by atoms with Crippen LogP contribution in [0.4, 0.5) is 14.5 Å². The Labute approximate surface area is 99.0 Å². The maximum absolute atomic E-state index is 13.2. The van der Waals surface area contributed by atoms with E-state index in [1.54, 1.807) is 0 Å². The van der Waals surface area contributed by atoms with Crippen LogP contribution in [0.2, 0.25) is 0 Å². The van der Waals surface area contributed by atoms with Gasteiger partial charge in [0.05, 0.1) is 6.04 Å². The number of carbonyl (C=O) groups excluding carboxylic acids is 1. The number of hydrogen-bond donors (Lipinski definition) is 2. The van der Waals surface area contributed by atoms with Crippen molar-refractivity contribution < 1.29 is 13.6 Å². The predicted molar refractivity (Wildman–Crippen MR) is 62.5 cm³/mol. The number of unbranched alkanes of at least 4 members (excludes halogenated alkanes) is 1. The lowest BCUT2D eigenvalue weighted by atomic mass is 10.1.